The molecule has 0 radical (unpaired) electrons. The van der Waals surface area contributed by atoms with Crippen molar-refractivity contribution in [3.63, 3.8) is 0 Å². The Kier molecular flexibility index (Phi) is 4.53. The van der Waals surface area contributed by atoms with Gasteiger partial charge in [-0.05, 0) is 24.5 Å². The van der Waals surface area contributed by atoms with Gasteiger partial charge in [-0.15, -0.1) is 0 Å². The number of halogens is 1. The predicted molar refractivity (Wildman–Crippen MR) is 73.5 cm³/mol. The summed E-state index contributed by atoms with van der Waals surface area (Å²) in [6.45, 7) is 6.36. The summed E-state index contributed by atoms with van der Waals surface area (Å²) >= 11 is 0. The summed E-state index contributed by atoms with van der Waals surface area (Å²) in [4.78, 5) is 14.2. The molecule has 1 saturated heterocycles. The largest absolute Gasteiger partial charge is 0.337 e. The van der Waals surface area contributed by atoms with Crippen LogP contribution in [0.25, 0.3) is 0 Å². The van der Waals surface area contributed by atoms with E-state index in [-0.39, 0.29) is 23.7 Å². The molecule has 104 valence electrons. The Labute approximate surface area is 113 Å². The molecule has 1 aromatic carbocycles. The highest BCUT2D eigenvalue weighted by atomic mass is 19.1. The summed E-state index contributed by atoms with van der Waals surface area (Å²) in [5, 5.41) is 3.26. The van der Waals surface area contributed by atoms with E-state index < -0.39 is 0 Å². The van der Waals surface area contributed by atoms with Crippen molar-refractivity contribution < 1.29 is 9.18 Å². The van der Waals surface area contributed by atoms with Gasteiger partial charge < -0.3 is 10.2 Å². The molecule has 1 heterocycles. The first-order valence-corrected chi connectivity index (χ1v) is 6.84. The number of nitrogens with one attached hydrogen (secondary N) is 1. The minimum Gasteiger partial charge on any atom is -0.337 e. The smallest absolute Gasteiger partial charge is 0.223 e. The molecule has 0 bridgehead atoms. The summed E-state index contributed by atoms with van der Waals surface area (Å²) in [6, 6.07) is 6.91. The van der Waals surface area contributed by atoms with Crippen LogP contribution >= 0.6 is 0 Å². The van der Waals surface area contributed by atoms with Crippen LogP contribution in [-0.4, -0.2) is 36.5 Å². The molecule has 4 heteroatoms. The highest BCUT2D eigenvalue weighted by Gasteiger charge is 2.25. The topological polar surface area (TPSA) is 32.3 Å². The zero-order valence-electron chi connectivity index (χ0n) is 11.5. The van der Waals surface area contributed by atoms with E-state index in [2.05, 4.69) is 5.32 Å². The number of hydrogen-bond acceptors (Lipinski definition) is 2. The van der Waals surface area contributed by atoms with Crippen molar-refractivity contribution in [3.05, 3.63) is 35.6 Å². The zero-order chi connectivity index (χ0) is 13.8. The maximum absolute atomic E-state index is 13.7. The third-order valence-corrected chi connectivity index (χ3v) is 3.74. The van der Waals surface area contributed by atoms with Crippen LogP contribution in [0.3, 0.4) is 0 Å². The Morgan fingerprint density at radius 3 is 2.95 bits per heavy atom. The predicted octanol–water partition coefficient (Wildman–Crippen LogP) is 2.14. The molecule has 0 unspecified atom stereocenters. The summed E-state index contributed by atoms with van der Waals surface area (Å²) < 4.78 is 13.7. The number of nitrogens with zero attached hydrogens (tertiary/aromatic N) is 1. The van der Waals surface area contributed by atoms with E-state index in [4.69, 9.17) is 0 Å². The molecule has 3 nitrogen and oxygen atoms in total. The molecule has 0 saturated carbocycles. The molecule has 0 aromatic heterocycles. The molecular weight excluding hydrogens is 243 g/mol. The fourth-order valence-corrected chi connectivity index (χ4v) is 2.58. The van der Waals surface area contributed by atoms with Gasteiger partial charge in [0.25, 0.3) is 0 Å². The van der Waals surface area contributed by atoms with Crippen LogP contribution in [0.15, 0.2) is 24.3 Å². The molecule has 1 aliphatic heterocycles. The Morgan fingerprint density at radius 2 is 2.26 bits per heavy atom. The molecule has 1 N–H and O–H groups in total. The van der Waals surface area contributed by atoms with Crippen LogP contribution in [0, 0.1) is 5.82 Å². The number of piperazine rings is 1. The Bertz CT molecular complexity index is 450. The van der Waals surface area contributed by atoms with Gasteiger partial charge >= 0.3 is 0 Å². The van der Waals surface area contributed by atoms with Gasteiger partial charge in [-0.25, -0.2) is 4.39 Å². The molecule has 2 atom stereocenters. The van der Waals surface area contributed by atoms with Gasteiger partial charge in [-0.1, -0.05) is 25.1 Å². The first kappa shape index (κ1) is 14.0. The molecule has 1 aliphatic rings. The van der Waals surface area contributed by atoms with E-state index in [1.165, 1.54) is 6.07 Å². The van der Waals surface area contributed by atoms with E-state index >= 15 is 0 Å². The van der Waals surface area contributed by atoms with Crippen molar-refractivity contribution in [1.29, 1.82) is 0 Å². The van der Waals surface area contributed by atoms with Gasteiger partial charge in [0.2, 0.25) is 5.91 Å². The van der Waals surface area contributed by atoms with Crippen molar-refractivity contribution in [2.45, 2.75) is 32.2 Å². The van der Waals surface area contributed by atoms with E-state index in [0.29, 0.717) is 12.0 Å². The Hall–Kier alpha value is -1.42. The van der Waals surface area contributed by atoms with Gasteiger partial charge in [-0.2, -0.15) is 0 Å². The fraction of sp³-hybridized carbons (Fsp3) is 0.533. The van der Waals surface area contributed by atoms with Crippen LogP contribution in [0.5, 0.6) is 0 Å². The minimum atomic E-state index is -0.226. The number of carbonyl (C=O) groups excluding carboxylic acids is 1. The number of rotatable bonds is 3. The standard InChI is InChI=1S/C15H21FN2O/c1-11(13-5-3-4-6-14(13)16)9-15(19)18-8-7-17-10-12(18)2/h3-6,11-12,17H,7-10H2,1-2H3/t11-,12-/m0/s1. The average Bonchev–Trinajstić information content (AvgIpc) is 2.39. The monoisotopic (exact) mass is 264 g/mol. The Morgan fingerprint density at radius 1 is 1.53 bits per heavy atom. The second-order valence-electron chi connectivity index (χ2n) is 5.27. The maximum atomic E-state index is 13.7. The van der Waals surface area contributed by atoms with E-state index in [1.54, 1.807) is 12.1 Å². The summed E-state index contributed by atoms with van der Waals surface area (Å²) in [5.74, 6) is -0.198. The number of hydrogen-bond donors (Lipinski definition) is 1. The molecule has 19 heavy (non-hydrogen) atoms. The normalized spacial score (nSPS) is 21.2. The molecular formula is C15H21FN2O. The number of carbonyl (C=O) groups is 1. The molecule has 0 aliphatic carbocycles. The fourth-order valence-electron chi connectivity index (χ4n) is 2.58. The molecule has 2 rings (SSSR count). The highest BCUT2D eigenvalue weighted by Crippen LogP contribution is 2.23. The third-order valence-electron chi connectivity index (χ3n) is 3.74. The molecule has 0 spiro atoms. The maximum Gasteiger partial charge on any atom is 0.223 e. The first-order valence-electron chi connectivity index (χ1n) is 6.84. The quantitative estimate of drug-likeness (QED) is 0.907. The Balaban J connectivity index is 2.00. The van der Waals surface area contributed by atoms with Crippen LogP contribution in [0.2, 0.25) is 0 Å². The van der Waals surface area contributed by atoms with E-state index in [1.807, 2.05) is 24.8 Å². The lowest BCUT2D eigenvalue weighted by Gasteiger charge is -2.34. The summed E-state index contributed by atoms with van der Waals surface area (Å²) in [6.07, 6.45) is 0.366. The number of amides is 1. The van der Waals surface area contributed by atoms with Crippen molar-refractivity contribution in [2.24, 2.45) is 0 Å². The van der Waals surface area contributed by atoms with E-state index in [0.717, 1.165) is 19.6 Å². The van der Waals surface area contributed by atoms with Gasteiger partial charge in [0.15, 0.2) is 0 Å². The van der Waals surface area contributed by atoms with Gasteiger partial charge in [0, 0.05) is 32.1 Å². The molecule has 1 fully saturated rings. The first-order chi connectivity index (χ1) is 9.09. The summed E-state index contributed by atoms with van der Waals surface area (Å²) in [5.41, 5.74) is 0.624. The molecule has 1 aromatic rings. The average molecular weight is 264 g/mol. The van der Waals surface area contributed by atoms with Gasteiger partial charge in [0.05, 0.1) is 0 Å². The minimum absolute atomic E-state index is 0.0872. The van der Waals surface area contributed by atoms with Gasteiger partial charge in [0.1, 0.15) is 5.82 Å². The van der Waals surface area contributed by atoms with Crippen molar-refractivity contribution >= 4 is 5.91 Å². The van der Waals surface area contributed by atoms with Crippen molar-refractivity contribution in [3.8, 4) is 0 Å². The van der Waals surface area contributed by atoms with Gasteiger partial charge in [-0.3, -0.25) is 4.79 Å². The van der Waals surface area contributed by atoms with E-state index in [9.17, 15) is 9.18 Å². The zero-order valence-corrected chi connectivity index (χ0v) is 11.5. The van der Waals surface area contributed by atoms with Crippen molar-refractivity contribution in [1.82, 2.24) is 10.2 Å². The van der Waals surface area contributed by atoms with Crippen molar-refractivity contribution in [2.75, 3.05) is 19.6 Å². The summed E-state index contributed by atoms with van der Waals surface area (Å²) in [7, 11) is 0. The second kappa shape index (κ2) is 6.15. The molecule has 1 amide bonds. The SMILES string of the molecule is C[C@@H](CC(=O)N1CCNC[C@@H]1C)c1ccccc1F. The lowest BCUT2D eigenvalue weighted by molar-refractivity contribution is -0.134. The number of benzene rings is 1. The second-order valence-corrected chi connectivity index (χ2v) is 5.27. The van der Waals surface area contributed by atoms with Crippen LogP contribution in [-0.2, 0) is 4.79 Å². The highest BCUT2D eigenvalue weighted by molar-refractivity contribution is 5.77. The van der Waals surface area contributed by atoms with Crippen LogP contribution in [0.4, 0.5) is 4.39 Å². The lowest BCUT2D eigenvalue weighted by Crippen LogP contribution is -2.52. The van der Waals surface area contributed by atoms with Crippen LogP contribution in [0.1, 0.15) is 31.7 Å². The van der Waals surface area contributed by atoms with Crippen LogP contribution < -0.4 is 5.32 Å². The third kappa shape index (κ3) is 3.32. The lowest BCUT2D eigenvalue weighted by atomic mass is 9.96.